The Hall–Kier alpha value is -0.460. The lowest BCUT2D eigenvalue weighted by Crippen LogP contribution is -2.30. The number of hydrogen-bond donors (Lipinski definition) is 3. The normalized spacial score (nSPS) is 11.4. The van der Waals surface area contributed by atoms with Gasteiger partial charge >= 0.3 is 7.60 Å². The van der Waals surface area contributed by atoms with Crippen molar-refractivity contribution in [2.24, 2.45) is 0 Å². The highest BCUT2D eigenvalue weighted by Crippen LogP contribution is 2.37. The fourth-order valence-electron chi connectivity index (χ4n) is 0.500. The molecule has 0 radical (unpaired) electrons. The summed E-state index contributed by atoms with van der Waals surface area (Å²) in [6.07, 6.45) is 0. The molecule has 0 unspecified atom stereocenters. The molecule has 0 aromatic heterocycles. The van der Waals surface area contributed by atoms with Gasteiger partial charge in [0.1, 0.15) is 0 Å². The van der Waals surface area contributed by atoms with Gasteiger partial charge in [-0.1, -0.05) is 5.23 Å². The standard InChI is InChI=1S/C5H13N2O5P/c1-3-11-7(12-4-2)5(6)13(8,9)10/h6H,3-4H2,1-2H3,(H2,8,9,10). The van der Waals surface area contributed by atoms with Crippen LogP contribution in [0.2, 0.25) is 0 Å². The predicted octanol–water partition coefficient (Wildman–Crippen LogP) is 0.304. The molecule has 0 saturated heterocycles. The third kappa shape index (κ3) is 4.35. The first kappa shape index (κ1) is 12.5. The van der Waals surface area contributed by atoms with Crippen molar-refractivity contribution in [3.8, 4) is 0 Å². The van der Waals surface area contributed by atoms with Gasteiger partial charge in [0, 0.05) is 0 Å². The molecular formula is C5H13N2O5P. The minimum atomic E-state index is -4.61. The van der Waals surface area contributed by atoms with Crippen molar-refractivity contribution >= 4 is 13.2 Å². The highest BCUT2D eigenvalue weighted by molar-refractivity contribution is 7.70. The number of rotatable bonds is 5. The van der Waals surface area contributed by atoms with Crippen LogP contribution in [-0.2, 0) is 14.2 Å². The van der Waals surface area contributed by atoms with E-state index < -0.39 is 13.2 Å². The topological polar surface area (TPSA) is 103 Å². The molecule has 0 amide bonds. The quantitative estimate of drug-likeness (QED) is 0.262. The number of nitrogens with one attached hydrogen (secondary N) is 1. The lowest BCUT2D eigenvalue weighted by atomic mass is 10.9. The molecule has 0 aromatic carbocycles. The van der Waals surface area contributed by atoms with Crippen molar-refractivity contribution in [1.29, 1.82) is 5.41 Å². The zero-order valence-corrected chi connectivity index (χ0v) is 8.32. The van der Waals surface area contributed by atoms with E-state index in [2.05, 4.69) is 9.68 Å². The molecule has 0 bridgehead atoms. The summed E-state index contributed by atoms with van der Waals surface area (Å²) >= 11 is 0. The first-order chi connectivity index (χ1) is 5.93. The largest absolute Gasteiger partial charge is 0.395 e. The Morgan fingerprint density at radius 3 is 2.00 bits per heavy atom. The van der Waals surface area contributed by atoms with Crippen molar-refractivity contribution in [2.75, 3.05) is 13.2 Å². The van der Waals surface area contributed by atoms with Gasteiger partial charge in [0.05, 0.1) is 13.2 Å². The zero-order chi connectivity index (χ0) is 10.5. The molecule has 0 saturated carbocycles. The van der Waals surface area contributed by atoms with Crippen LogP contribution in [-0.4, -0.2) is 33.8 Å². The maximum Gasteiger partial charge on any atom is 0.395 e. The van der Waals surface area contributed by atoms with Crippen LogP contribution >= 0.6 is 7.60 Å². The zero-order valence-electron chi connectivity index (χ0n) is 7.43. The Bertz CT molecular complexity index is 209. The van der Waals surface area contributed by atoms with Crippen molar-refractivity contribution < 1.29 is 24.0 Å². The molecule has 0 aromatic rings. The van der Waals surface area contributed by atoms with Crippen molar-refractivity contribution in [1.82, 2.24) is 5.23 Å². The van der Waals surface area contributed by atoms with E-state index in [1.54, 1.807) is 13.8 Å². The van der Waals surface area contributed by atoms with E-state index in [0.717, 1.165) is 0 Å². The van der Waals surface area contributed by atoms with Gasteiger partial charge in [0.15, 0.2) is 0 Å². The van der Waals surface area contributed by atoms with Crippen LogP contribution in [0.5, 0.6) is 0 Å². The molecule has 78 valence electrons. The summed E-state index contributed by atoms with van der Waals surface area (Å²) in [6.45, 7) is 3.53. The molecule has 13 heavy (non-hydrogen) atoms. The number of hydroxylamine groups is 2. The van der Waals surface area contributed by atoms with Crippen LogP contribution in [0.1, 0.15) is 13.8 Å². The van der Waals surface area contributed by atoms with Crippen LogP contribution in [0.3, 0.4) is 0 Å². The molecule has 0 heterocycles. The molecule has 7 nitrogen and oxygen atoms in total. The SMILES string of the molecule is CCON(OCC)C(=N)P(=O)(O)O. The van der Waals surface area contributed by atoms with E-state index >= 15 is 0 Å². The van der Waals surface area contributed by atoms with E-state index in [9.17, 15) is 4.57 Å². The van der Waals surface area contributed by atoms with E-state index in [4.69, 9.17) is 15.2 Å². The summed E-state index contributed by atoms with van der Waals surface area (Å²) in [5, 5.41) is 7.45. The van der Waals surface area contributed by atoms with Gasteiger partial charge in [0.2, 0.25) is 0 Å². The average Bonchev–Trinajstić information content (AvgIpc) is 2.01. The average molecular weight is 212 g/mol. The van der Waals surface area contributed by atoms with Gasteiger partial charge in [-0.3, -0.25) is 9.97 Å². The van der Waals surface area contributed by atoms with E-state index in [1.165, 1.54) is 0 Å². The lowest BCUT2D eigenvalue weighted by Gasteiger charge is -2.21. The summed E-state index contributed by atoms with van der Waals surface area (Å²) in [5.41, 5.74) is -1.00. The monoisotopic (exact) mass is 212 g/mol. The summed E-state index contributed by atoms with van der Waals surface area (Å²) in [4.78, 5) is 26.5. The van der Waals surface area contributed by atoms with Crippen LogP contribution < -0.4 is 0 Å². The maximum atomic E-state index is 10.6. The predicted molar refractivity (Wildman–Crippen MR) is 44.9 cm³/mol. The van der Waals surface area contributed by atoms with E-state index in [-0.39, 0.29) is 13.2 Å². The molecule has 3 N–H and O–H groups in total. The molecule has 0 aliphatic carbocycles. The second kappa shape index (κ2) is 5.31. The molecule has 0 aliphatic rings. The van der Waals surface area contributed by atoms with Gasteiger partial charge in [-0.15, -0.1) is 0 Å². The van der Waals surface area contributed by atoms with Crippen LogP contribution in [0.25, 0.3) is 0 Å². The minimum Gasteiger partial charge on any atom is -0.319 e. The Labute approximate surface area is 75.8 Å². The third-order valence-corrected chi connectivity index (χ3v) is 1.66. The molecule has 0 atom stereocenters. The highest BCUT2D eigenvalue weighted by atomic mass is 31.2. The molecular weight excluding hydrogens is 199 g/mol. The van der Waals surface area contributed by atoms with Gasteiger partial charge in [-0.2, -0.15) is 0 Å². The summed E-state index contributed by atoms with van der Waals surface area (Å²) in [7, 11) is -4.61. The molecule has 0 fully saturated rings. The van der Waals surface area contributed by atoms with Crippen molar-refractivity contribution in [3.05, 3.63) is 0 Å². The van der Waals surface area contributed by atoms with Crippen LogP contribution in [0, 0.1) is 5.41 Å². The Kier molecular flexibility index (Phi) is 5.12. The molecule has 0 rings (SSSR count). The minimum absolute atomic E-state index is 0.155. The van der Waals surface area contributed by atoms with Crippen molar-refractivity contribution in [2.45, 2.75) is 13.8 Å². The molecule has 8 heteroatoms. The van der Waals surface area contributed by atoms with Gasteiger partial charge in [0.25, 0.3) is 5.58 Å². The highest BCUT2D eigenvalue weighted by Gasteiger charge is 2.29. The van der Waals surface area contributed by atoms with E-state index in [0.29, 0.717) is 5.23 Å². The summed E-state index contributed by atoms with van der Waals surface area (Å²) in [5.74, 6) is 0. The van der Waals surface area contributed by atoms with Gasteiger partial charge < -0.3 is 9.79 Å². The van der Waals surface area contributed by atoms with Gasteiger partial charge in [-0.05, 0) is 13.8 Å². The number of amidine groups is 1. The van der Waals surface area contributed by atoms with Crippen LogP contribution in [0.4, 0.5) is 0 Å². The fourth-order valence-corrected chi connectivity index (χ4v) is 0.829. The third-order valence-electron chi connectivity index (χ3n) is 0.942. The first-order valence-corrected chi connectivity index (χ1v) is 5.25. The Morgan fingerprint density at radius 2 is 1.77 bits per heavy atom. The second-order valence-corrected chi connectivity index (χ2v) is 3.47. The Balaban J connectivity index is 4.37. The van der Waals surface area contributed by atoms with Gasteiger partial charge in [-0.25, -0.2) is 9.68 Å². The van der Waals surface area contributed by atoms with Crippen molar-refractivity contribution in [3.63, 3.8) is 0 Å². The summed E-state index contributed by atoms with van der Waals surface area (Å²) < 4.78 is 10.6. The number of hydrogen-bond acceptors (Lipinski definition) is 4. The fraction of sp³-hybridized carbons (Fsp3) is 0.800. The second-order valence-electron chi connectivity index (χ2n) is 1.96. The molecule has 0 spiro atoms. The van der Waals surface area contributed by atoms with Crippen LogP contribution in [0.15, 0.2) is 0 Å². The first-order valence-electron chi connectivity index (χ1n) is 3.64. The maximum absolute atomic E-state index is 10.6. The van der Waals surface area contributed by atoms with E-state index in [1.807, 2.05) is 0 Å². The Morgan fingerprint density at radius 1 is 1.38 bits per heavy atom. The summed E-state index contributed by atoms with van der Waals surface area (Å²) in [6, 6.07) is 0. The lowest BCUT2D eigenvalue weighted by molar-refractivity contribution is -0.311. The smallest absolute Gasteiger partial charge is 0.319 e. The number of nitrogens with zero attached hydrogens (tertiary/aromatic N) is 1. The molecule has 0 aliphatic heterocycles.